The fraction of sp³-hybridized carbons (Fsp3) is 1.00. The van der Waals surface area contributed by atoms with E-state index < -0.39 is 0 Å². The second-order valence-corrected chi connectivity index (χ2v) is 6.08. The van der Waals surface area contributed by atoms with Gasteiger partial charge in [0, 0.05) is 13.1 Å². The monoisotopic (exact) mass is 196 g/mol. The molecule has 0 radical (unpaired) electrons. The van der Waals surface area contributed by atoms with E-state index in [0.29, 0.717) is 11.1 Å². The third kappa shape index (κ3) is 1.96. The van der Waals surface area contributed by atoms with E-state index >= 15 is 0 Å². The van der Waals surface area contributed by atoms with E-state index in [-0.39, 0.29) is 0 Å². The van der Waals surface area contributed by atoms with Gasteiger partial charge in [0.15, 0.2) is 0 Å². The zero-order chi connectivity index (χ0) is 10.2. The van der Waals surface area contributed by atoms with Crippen LogP contribution in [-0.2, 0) is 0 Å². The summed E-state index contributed by atoms with van der Waals surface area (Å²) in [6.07, 6.45) is 5.39. The molecule has 0 aromatic carbocycles. The highest BCUT2D eigenvalue weighted by molar-refractivity contribution is 4.96. The van der Waals surface area contributed by atoms with Gasteiger partial charge in [-0.2, -0.15) is 0 Å². The molecular weight excluding hydrogens is 172 g/mol. The van der Waals surface area contributed by atoms with Gasteiger partial charge < -0.3 is 0 Å². The Kier molecular flexibility index (Phi) is 2.61. The molecule has 0 amide bonds. The quantitative estimate of drug-likeness (QED) is 0.620. The second-order valence-electron chi connectivity index (χ2n) is 6.08. The van der Waals surface area contributed by atoms with Crippen molar-refractivity contribution in [1.82, 2.24) is 10.6 Å². The van der Waals surface area contributed by atoms with Crippen molar-refractivity contribution < 1.29 is 0 Å². The molecule has 0 unspecified atom stereocenters. The highest BCUT2D eigenvalue weighted by Crippen LogP contribution is 2.40. The van der Waals surface area contributed by atoms with E-state index in [1.165, 1.54) is 25.7 Å². The van der Waals surface area contributed by atoms with Crippen LogP contribution in [0, 0.1) is 11.3 Å². The summed E-state index contributed by atoms with van der Waals surface area (Å²) in [5.41, 5.74) is 0.821. The molecule has 1 aliphatic heterocycles. The van der Waals surface area contributed by atoms with Gasteiger partial charge in [-0.3, -0.25) is 10.6 Å². The average molecular weight is 196 g/mol. The van der Waals surface area contributed by atoms with Crippen LogP contribution in [0.5, 0.6) is 0 Å². The smallest absolute Gasteiger partial charge is 0.0688 e. The Morgan fingerprint density at radius 3 is 1.93 bits per heavy atom. The molecule has 1 aliphatic carbocycles. The van der Waals surface area contributed by atoms with Crippen LogP contribution >= 0.6 is 0 Å². The van der Waals surface area contributed by atoms with E-state index in [4.69, 9.17) is 0 Å². The topological polar surface area (TPSA) is 24.1 Å². The van der Waals surface area contributed by atoms with Crippen LogP contribution in [0.2, 0.25) is 0 Å². The minimum atomic E-state index is 0.321. The van der Waals surface area contributed by atoms with Crippen LogP contribution in [0.3, 0.4) is 0 Å². The van der Waals surface area contributed by atoms with E-state index in [0.717, 1.165) is 19.0 Å². The summed E-state index contributed by atoms with van der Waals surface area (Å²) in [6, 6.07) is 0. The van der Waals surface area contributed by atoms with Crippen molar-refractivity contribution >= 4 is 0 Å². The molecule has 2 heteroatoms. The van der Waals surface area contributed by atoms with E-state index in [2.05, 4.69) is 31.4 Å². The zero-order valence-corrected chi connectivity index (χ0v) is 9.82. The Bertz CT molecular complexity index is 189. The van der Waals surface area contributed by atoms with Crippen LogP contribution in [0.15, 0.2) is 0 Å². The number of rotatable bonds is 0. The van der Waals surface area contributed by atoms with Gasteiger partial charge in [0.05, 0.1) is 5.66 Å². The first-order chi connectivity index (χ1) is 6.52. The molecule has 1 spiro atoms. The maximum Gasteiger partial charge on any atom is 0.0688 e. The van der Waals surface area contributed by atoms with Crippen molar-refractivity contribution in [3.63, 3.8) is 0 Å². The minimum Gasteiger partial charge on any atom is -0.298 e. The van der Waals surface area contributed by atoms with Gasteiger partial charge in [-0.05, 0) is 37.0 Å². The lowest BCUT2D eigenvalue weighted by Gasteiger charge is -2.42. The third-order valence-corrected chi connectivity index (χ3v) is 4.12. The standard InChI is InChI=1S/C12H24N2/c1-11(2,3)10-4-6-12(7-5-10)13-8-9-14-12/h10,13-14H,4-9H2,1-3H3. The molecule has 0 bridgehead atoms. The largest absolute Gasteiger partial charge is 0.298 e. The van der Waals surface area contributed by atoms with Crippen LogP contribution < -0.4 is 10.6 Å². The van der Waals surface area contributed by atoms with Crippen molar-refractivity contribution in [3.05, 3.63) is 0 Å². The number of nitrogens with one attached hydrogen (secondary N) is 2. The fourth-order valence-corrected chi connectivity index (χ4v) is 3.00. The fourth-order valence-electron chi connectivity index (χ4n) is 3.00. The van der Waals surface area contributed by atoms with Crippen molar-refractivity contribution in [3.8, 4) is 0 Å². The molecule has 1 heterocycles. The average Bonchev–Trinajstić information content (AvgIpc) is 2.53. The Balaban J connectivity index is 1.92. The normalized spacial score (nSPS) is 28.5. The van der Waals surface area contributed by atoms with Crippen LogP contribution in [0.4, 0.5) is 0 Å². The van der Waals surface area contributed by atoms with Gasteiger partial charge in [-0.25, -0.2) is 0 Å². The van der Waals surface area contributed by atoms with Gasteiger partial charge in [0.25, 0.3) is 0 Å². The van der Waals surface area contributed by atoms with Crippen molar-refractivity contribution in [2.24, 2.45) is 11.3 Å². The van der Waals surface area contributed by atoms with Gasteiger partial charge >= 0.3 is 0 Å². The molecule has 2 aliphatic rings. The maximum atomic E-state index is 3.63. The molecule has 1 saturated carbocycles. The van der Waals surface area contributed by atoms with Crippen LogP contribution in [0.1, 0.15) is 46.5 Å². The van der Waals surface area contributed by atoms with Gasteiger partial charge in [-0.15, -0.1) is 0 Å². The van der Waals surface area contributed by atoms with Gasteiger partial charge in [0.2, 0.25) is 0 Å². The third-order valence-electron chi connectivity index (χ3n) is 4.12. The Morgan fingerprint density at radius 2 is 1.50 bits per heavy atom. The van der Waals surface area contributed by atoms with E-state index in [1.54, 1.807) is 0 Å². The minimum absolute atomic E-state index is 0.321. The zero-order valence-electron chi connectivity index (χ0n) is 9.82. The lowest BCUT2D eigenvalue weighted by atomic mass is 9.70. The summed E-state index contributed by atoms with van der Waals surface area (Å²) in [5.74, 6) is 0.914. The summed E-state index contributed by atoms with van der Waals surface area (Å²) < 4.78 is 0. The molecule has 14 heavy (non-hydrogen) atoms. The molecule has 0 atom stereocenters. The summed E-state index contributed by atoms with van der Waals surface area (Å²) in [5, 5.41) is 7.27. The van der Waals surface area contributed by atoms with Gasteiger partial charge in [-0.1, -0.05) is 20.8 Å². The van der Waals surface area contributed by atoms with E-state index in [1.807, 2.05) is 0 Å². The molecular formula is C12H24N2. The Labute approximate surface area is 87.8 Å². The highest BCUT2D eigenvalue weighted by atomic mass is 15.2. The summed E-state index contributed by atoms with van der Waals surface area (Å²) >= 11 is 0. The van der Waals surface area contributed by atoms with E-state index in [9.17, 15) is 0 Å². The number of hydrogen-bond acceptors (Lipinski definition) is 2. The molecule has 2 rings (SSSR count). The molecule has 82 valence electrons. The first-order valence-corrected chi connectivity index (χ1v) is 6.02. The number of hydrogen-bond donors (Lipinski definition) is 2. The summed E-state index contributed by atoms with van der Waals surface area (Å²) in [6.45, 7) is 9.45. The molecule has 2 fully saturated rings. The summed E-state index contributed by atoms with van der Waals surface area (Å²) in [4.78, 5) is 0. The maximum absolute atomic E-state index is 3.63. The lowest BCUT2D eigenvalue weighted by molar-refractivity contribution is 0.113. The molecule has 0 aromatic heterocycles. The first kappa shape index (κ1) is 10.4. The van der Waals surface area contributed by atoms with Crippen molar-refractivity contribution in [2.45, 2.75) is 52.1 Å². The van der Waals surface area contributed by atoms with Crippen molar-refractivity contribution in [1.29, 1.82) is 0 Å². The van der Waals surface area contributed by atoms with Gasteiger partial charge in [0.1, 0.15) is 0 Å². The molecule has 2 nitrogen and oxygen atoms in total. The van der Waals surface area contributed by atoms with Crippen LogP contribution in [-0.4, -0.2) is 18.8 Å². The summed E-state index contributed by atoms with van der Waals surface area (Å²) in [7, 11) is 0. The lowest BCUT2D eigenvalue weighted by Crippen LogP contribution is -2.52. The molecule has 2 N–H and O–H groups in total. The predicted octanol–water partition coefficient (Wildman–Crippen LogP) is 2.11. The first-order valence-electron chi connectivity index (χ1n) is 6.02. The Hall–Kier alpha value is -0.0800. The molecule has 0 aromatic rings. The highest BCUT2D eigenvalue weighted by Gasteiger charge is 2.39. The van der Waals surface area contributed by atoms with Crippen LogP contribution in [0.25, 0.3) is 0 Å². The molecule has 1 saturated heterocycles. The van der Waals surface area contributed by atoms with Crippen molar-refractivity contribution in [2.75, 3.05) is 13.1 Å². The SMILES string of the molecule is CC(C)(C)C1CCC2(CC1)NCCN2. The predicted molar refractivity (Wildman–Crippen MR) is 60.1 cm³/mol. The second kappa shape index (κ2) is 3.49. The Morgan fingerprint density at radius 1 is 1.00 bits per heavy atom.